The number of hydrogen-bond donors (Lipinski definition) is 1. The minimum atomic E-state index is -0.0488. The van der Waals surface area contributed by atoms with E-state index in [1.807, 2.05) is 24.4 Å². The van der Waals surface area contributed by atoms with E-state index in [1.54, 1.807) is 23.7 Å². The number of thiazole rings is 1. The summed E-state index contributed by atoms with van der Waals surface area (Å²) in [5.41, 5.74) is 8.39. The van der Waals surface area contributed by atoms with Crippen LogP contribution >= 0.6 is 11.3 Å². The van der Waals surface area contributed by atoms with Gasteiger partial charge >= 0.3 is 0 Å². The second-order valence-electron chi connectivity index (χ2n) is 3.89. The molecule has 0 amide bonds. The molecule has 0 aliphatic heterocycles. The highest BCUT2D eigenvalue weighted by molar-refractivity contribution is 7.09. The largest absolute Gasteiger partial charge is 0.322 e. The summed E-state index contributed by atoms with van der Waals surface area (Å²) in [5, 5.41) is 3.10. The molecule has 0 aliphatic rings. The van der Waals surface area contributed by atoms with E-state index < -0.39 is 0 Å². The molecule has 2 N–H and O–H groups in total. The number of nitrogens with two attached hydrogens (primary N) is 1. The van der Waals surface area contributed by atoms with Crippen LogP contribution in [0.1, 0.15) is 35.1 Å². The van der Waals surface area contributed by atoms with Gasteiger partial charge in [0, 0.05) is 23.7 Å². The van der Waals surface area contributed by atoms with Crippen molar-refractivity contribution in [2.75, 3.05) is 0 Å². The van der Waals surface area contributed by atoms with Gasteiger partial charge < -0.3 is 5.73 Å². The summed E-state index contributed by atoms with van der Waals surface area (Å²) in [7, 11) is 0. The van der Waals surface area contributed by atoms with Gasteiger partial charge in [-0.05, 0) is 24.6 Å². The van der Waals surface area contributed by atoms with Crippen molar-refractivity contribution in [1.29, 1.82) is 0 Å². The molecule has 3 nitrogen and oxygen atoms in total. The van der Waals surface area contributed by atoms with Crippen molar-refractivity contribution in [3.63, 3.8) is 0 Å². The average Bonchev–Trinajstić information content (AvgIpc) is 2.75. The predicted octanol–water partition coefficient (Wildman–Crippen LogP) is 2.65. The molecule has 0 aromatic carbocycles. The highest BCUT2D eigenvalue weighted by atomic mass is 32.1. The fourth-order valence-corrected chi connectivity index (χ4v) is 2.32. The van der Waals surface area contributed by atoms with Gasteiger partial charge in [-0.25, -0.2) is 4.98 Å². The van der Waals surface area contributed by atoms with Crippen LogP contribution in [0.4, 0.5) is 0 Å². The van der Waals surface area contributed by atoms with Crippen LogP contribution < -0.4 is 5.73 Å². The number of hydrogen-bond acceptors (Lipinski definition) is 4. The Morgan fingerprint density at radius 3 is 2.56 bits per heavy atom. The van der Waals surface area contributed by atoms with Crippen molar-refractivity contribution in [3.8, 4) is 0 Å². The van der Waals surface area contributed by atoms with E-state index in [0.29, 0.717) is 0 Å². The summed E-state index contributed by atoms with van der Waals surface area (Å²) in [6.45, 7) is 4.12. The zero-order valence-corrected chi connectivity index (χ0v) is 10.2. The van der Waals surface area contributed by atoms with Gasteiger partial charge in [-0.3, -0.25) is 4.98 Å². The van der Waals surface area contributed by atoms with Crippen LogP contribution in [0.5, 0.6) is 0 Å². The normalized spacial score (nSPS) is 14.7. The van der Waals surface area contributed by atoms with Crippen LogP contribution in [0.25, 0.3) is 0 Å². The van der Waals surface area contributed by atoms with Crippen molar-refractivity contribution in [1.82, 2.24) is 9.97 Å². The van der Waals surface area contributed by atoms with E-state index in [1.165, 1.54) is 5.56 Å². The molecule has 2 heterocycles. The number of rotatable bonds is 3. The molecule has 16 heavy (non-hydrogen) atoms. The second kappa shape index (κ2) is 4.72. The molecule has 2 aromatic rings. The van der Waals surface area contributed by atoms with E-state index in [0.717, 1.165) is 10.7 Å². The van der Waals surface area contributed by atoms with E-state index in [9.17, 15) is 0 Å². The molecular weight excluding hydrogens is 218 g/mol. The van der Waals surface area contributed by atoms with Crippen molar-refractivity contribution in [3.05, 3.63) is 46.2 Å². The van der Waals surface area contributed by atoms with Crippen LogP contribution in [0, 0.1) is 6.92 Å². The molecule has 4 heteroatoms. The third-order valence-corrected chi connectivity index (χ3v) is 3.54. The van der Waals surface area contributed by atoms with Crippen LogP contribution in [-0.4, -0.2) is 9.97 Å². The SMILES string of the molecule is Cc1nc(C(N)C(C)c2ccncc2)cs1. The van der Waals surface area contributed by atoms with E-state index in [4.69, 9.17) is 5.73 Å². The lowest BCUT2D eigenvalue weighted by atomic mass is 9.93. The monoisotopic (exact) mass is 233 g/mol. The maximum atomic E-state index is 6.21. The molecular formula is C12H15N3S. The summed E-state index contributed by atoms with van der Waals surface area (Å²) in [6.07, 6.45) is 3.59. The fourth-order valence-electron chi connectivity index (χ4n) is 1.66. The Morgan fingerprint density at radius 2 is 2.00 bits per heavy atom. The lowest BCUT2D eigenvalue weighted by Gasteiger charge is -2.18. The number of pyridine rings is 1. The Hall–Kier alpha value is -1.26. The van der Waals surface area contributed by atoms with Crippen LogP contribution in [0.2, 0.25) is 0 Å². The van der Waals surface area contributed by atoms with Gasteiger partial charge in [0.2, 0.25) is 0 Å². The highest BCUT2D eigenvalue weighted by Gasteiger charge is 2.18. The molecule has 0 aliphatic carbocycles. The van der Waals surface area contributed by atoms with E-state index in [2.05, 4.69) is 16.9 Å². The molecule has 2 unspecified atom stereocenters. The van der Waals surface area contributed by atoms with Crippen LogP contribution in [-0.2, 0) is 0 Å². The Labute approximate surface area is 99.4 Å². The Balaban J connectivity index is 2.19. The zero-order valence-electron chi connectivity index (χ0n) is 9.42. The first-order chi connectivity index (χ1) is 7.68. The molecule has 0 bridgehead atoms. The molecule has 2 rings (SSSR count). The molecule has 2 atom stereocenters. The average molecular weight is 233 g/mol. The van der Waals surface area contributed by atoms with Crippen molar-refractivity contribution >= 4 is 11.3 Å². The third-order valence-electron chi connectivity index (χ3n) is 2.75. The van der Waals surface area contributed by atoms with Gasteiger partial charge in [-0.2, -0.15) is 0 Å². The first kappa shape index (κ1) is 11.2. The topological polar surface area (TPSA) is 51.8 Å². The van der Waals surface area contributed by atoms with Crippen molar-refractivity contribution in [2.24, 2.45) is 5.73 Å². The molecule has 0 saturated carbocycles. The van der Waals surface area contributed by atoms with E-state index >= 15 is 0 Å². The Morgan fingerprint density at radius 1 is 1.31 bits per heavy atom. The van der Waals surface area contributed by atoms with Crippen LogP contribution in [0.15, 0.2) is 29.9 Å². The minimum Gasteiger partial charge on any atom is -0.322 e. The first-order valence-electron chi connectivity index (χ1n) is 5.26. The predicted molar refractivity (Wildman–Crippen MR) is 66.4 cm³/mol. The third kappa shape index (κ3) is 2.28. The summed E-state index contributed by atoms with van der Waals surface area (Å²) < 4.78 is 0. The summed E-state index contributed by atoms with van der Waals surface area (Å²) in [5.74, 6) is 0.254. The van der Waals surface area contributed by atoms with Gasteiger partial charge in [-0.15, -0.1) is 11.3 Å². The molecule has 0 spiro atoms. The summed E-state index contributed by atoms with van der Waals surface area (Å²) in [4.78, 5) is 8.44. The zero-order chi connectivity index (χ0) is 11.5. The first-order valence-corrected chi connectivity index (χ1v) is 6.14. The summed E-state index contributed by atoms with van der Waals surface area (Å²) in [6, 6.07) is 3.96. The number of nitrogens with zero attached hydrogens (tertiary/aromatic N) is 2. The number of aryl methyl sites for hydroxylation is 1. The maximum Gasteiger partial charge on any atom is 0.0898 e. The Bertz CT molecular complexity index is 452. The molecule has 0 saturated heterocycles. The molecule has 0 fully saturated rings. The van der Waals surface area contributed by atoms with Crippen molar-refractivity contribution < 1.29 is 0 Å². The van der Waals surface area contributed by atoms with Gasteiger partial charge in [-0.1, -0.05) is 6.92 Å². The highest BCUT2D eigenvalue weighted by Crippen LogP contribution is 2.28. The smallest absolute Gasteiger partial charge is 0.0898 e. The molecule has 84 valence electrons. The lowest BCUT2D eigenvalue weighted by Crippen LogP contribution is -2.18. The molecule has 2 aromatic heterocycles. The summed E-state index contributed by atoms with van der Waals surface area (Å²) >= 11 is 1.64. The van der Waals surface area contributed by atoms with Crippen LogP contribution in [0.3, 0.4) is 0 Å². The van der Waals surface area contributed by atoms with Gasteiger partial charge in [0.15, 0.2) is 0 Å². The lowest BCUT2D eigenvalue weighted by molar-refractivity contribution is 0.584. The fraction of sp³-hybridized carbons (Fsp3) is 0.333. The molecule has 0 radical (unpaired) electrons. The maximum absolute atomic E-state index is 6.21. The van der Waals surface area contributed by atoms with Crippen molar-refractivity contribution in [2.45, 2.75) is 25.8 Å². The standard InChI is InChI=1S/C12H15N3S/c1-8(10-3-5-14-6-4-10)12(13)11-7-16-9(2)15-11/h3-8,12H,13H2,1-2H3. The van der Waals surface area contributed by atoms with Gasteiger partial charge in [0.25, 0.3) is 0 Å². The quantitative estimate of drug-likeness (QED) is 0.886. The second-order valence-corrected chi connectivity index (χ2v) is 4.95. The van der Waals surface area contributed by atoms with Gasteiger partial charge in [0.05, 0.1) is 16.7 Å². The minimum absolute atomic E-state index is 0.0488. The Kier molecular flexibility index (Phi) is 3.31. The number of aromatic nitrogens is 2. The van der Waals surface area contributed by atoms with Gasteiger partial charge in [0.1, 0.15) is 0 Å². The van der Waals surface area contributed by atoms with E-state index in [-0.39, 0.29) is 12.0 Å².